The minimum atomic E-state index is -0.416. The molecule has 19 heavy (non-hydrogen) atoms. The van der Waals surface area contributed by atoms with Crippen LogP contribution in [0.15, 0.2) is 29.5 Å². The number of anilines is 1. The Kier molecular flexibility index (Phi) is 4.18. The molecule has 1 aliphatic carbocycles. The first-order valence-electron chi connectivity index (χ1n) is 5.93. The molecule has 0 unspecified atom stereocenters. The van der Waals surface area contributed by atoms with Crippen molar-refractivity contribution in [3.63, 3.8) is 0 Å². The van der Waals surface area contributed by atoms with E-state index in [0.717, 1.165) is 33.4 Å². The van der Waals surface area contributed by atoms with Gasteiger partial charge >= 0.3 is 0 Å². The first-order valence-corrected chi connectivity index (χ1v) is 7.01. The van der Waals surface area contributed by atoms with Crippen molar-refractivity contribution in [2.45, 2.75) is 26.2 Å². The summed E-state index contributed by atoms with van der Waals surface area (Å²) in [5, 5.41) is 13.9. The average Bonchev–Trinajstić information content (AvgIpc) is 2.37. The van der Waals surface area contributed by atoms with Crippen LogP contribution in [0.3, 0.4) is 0 Å². The summed E-state index contributed by atoms with van der Waals surface area (Å²) < 4.78 is 0.769. The van der Waals surface area contributed by atoms with Gasteiger partial charge in [-0.15, -0.1) is 0 Å². The Labute approximate surface area is 124 Å². The van der Waals surface area contributed by atoms with Gasteiger partial charge < -0.3 is 5.32 Å². The fourth-order valence-corrected chi connectivity index (χ4v) is 2.64. The zero-order chi connectivity index (χ0) is 14.0. The highest BCUT2D eigenvalue weighted by molar-refractivity contribution is 14.1. The molecule has 1 aromatic rings. The molecule has 5 nitrogen and oxygen atoms in total. The number of ketones is 1. The van der Waals surface area contributed by atoms with Crippen molar-refractivity contribution < 1.29 is 9.72 Å². The third kappa shape index (κ3) is 3.12. The highest BCUT2D eigenvalue weighted by atomic mass is 127. The van der Waals surface area contributed by atoms with Gasteiger partial charge in [0.1, 0.15) is 0 Å². The number of halogens is 1. The normalized spacial score (nSPS) is 15.6. The lowest BCUT2D eigenvalue weighted by Crippen LogP contribution is -2.14. The monoisotopic (exact) mass is 372 g/mol. The number of Topliss-reactive ketones (excluding diaryl/α,β-unsaturated/α-hetero) is 1. The summed E-state index contributed by atoms with van der Waals surface area (Å²) in [6, 6.07) is 4.66. The molecule has 0 radical (unpaired) electrons. The van der Waals surface area contributed by atoms with E-state index in [2.05, 4.69) is 27.9 Å². The second-order valence-electron chi connectivity index (χ2n) is 4.43. The van der Waals surface area contributed by atoms with E-state index in [1.807, 2.05) is 6.92 Å². The number of benzene rings is 1. The van der Waals surface area contributed by atoms with E-state index >= 15 is 0 Å². The first kappa shape index (κ1) is 14.0. The molecule has 1 aliphatic rings. The van der Waals surface area contributed by atoms with Gasteiger partial charge in [0, 0.05) is 33.4 Å². The molecule has 0 bridgehead atoms. The molecule has 0 saturated carbocycles. The molecule has 2 rings (SSSR count). The largest absolute Gasteiger partial charge is 0.358 e. The predicted molar refractivity (Wildman–Crippen MR) is 81.0 cm³/mol. The molecular weight excluding hydrogens is 359 g/mol. The zero-order valence-electron chi connectivity index (χ0n) is 10.4. The van der Waals surface area contributed by atoms with Gasteiger partial charge in [-0.1, -0.05) is 0 Å². The van der Waals surface area contributed by atoms with Crippen molar-refractivity contribution in [2.75, 3.05) is 5.32 Å². The van der Waals surface area contributed by atoms with Crippen molar-refractivity contribution in [2.24, 2.45) is 0 Å². The summed E-state index contributed by atoms with van der Waals surface area (Å²) in [6.07, 6.45) is 2.29. The minimum absolute atomic E-state index is 0.0698. The highest BCUT2D eigenvalue weighted by Crippen LogP contribution is 2.28. The molecule has 0 aliphatic heterocycles. The third-order valence-corrected chi connectivity index (χ3v) is 4.04. The number of allylic oxidation sites excluding steroid dienone is 2. The van der Waals surface area contributed by atoms with E-state index < -0.39 is 4.92 Å². The lowest BCUT2D eigenvalue weighted by Gasteiger charge is -2.19. The maximum Gasteiger partial charge on any atom is 0.270 e. The molecule has 0 amide bonds. The Morgan fingerprint density at radius 3 is 2.74 bits per heavy atom. The Morgan fingerprint density at radius 1 is 1.37 bits per heavy atom. The topological polar surface area (TPSA) is 72.2 Å². The van der Waals surface area contributed by atoms with Crippen LogP contribution in [-0.4, -0.2) is 10.7 Å². The van der Waals surface area contributed by atoms with Crippen LogP contribution in [0.2, 0.25) is 0 Å². The summed E-state index contributed by atoms with van der Waals surface area (Å²) in [7, 11) is 0. The Balaban J connectivity index is 2.27. The van der Waals surface area contributed by atoms with Crippen LogP contribution >= 0.6 is 22.6 Å². The summed E-state index contributed by atoms with van der Waals surface area (Å²) in [5.41, 5.74) is 2.55. The lowest BCUT2D eigenvalue weighted by molar-refractivity contribution is -0.384. The van der Waals surface area contributed by atoms with Crippen LogP contribution in [0.1, 0.15) is 26.2 Å². The number of hydrogen-bond acceptors (Lipinski definition) is 4. The number of nitrogens with zero attached hydrogens (tertiary/aromatic N) is 1. The average molecular weight is 372 g/mol. The molecule has 0 saturated heterocycles. The fourth-order valence-electron chi connectivity index (χ4n) is 2.01. The number of carbonyl (C=O) groups excluding carboxylic acids is 1. The summed E-state index contributed by atoms with van der Waals surface area (Å²) in [5.74, 6) is 0.172. The lowest BCUT2D eigenvalue weighted by atomic mass is 9.96. The fraction of sp³-hybridized carbons (Fsp3) is 0.308. The molecule has 0 atom stereocenters. The van der Waals surface area contributed by atoms with E-state index in [-0.39, 0.29) is 11.5 Å². The van der Waals surface area contributed by atoms with Gasteiger partial charge in [0.15, 0.2) is 5.78 Å². The summed E-state index contributed by atoms with van der Waals surface area (Å²) >= 11 is 2.05. The molecule has 1 aromatic carbocycles. The van der Waals surface area contributed by atoms with Crippen LogP contribution in [0.4, 0.5) is 11.4 Å². The minimum Gasteiger partial charge on any atom is -0.358 e. The van der Waals surface area contributed by atoms with Crippen molar-refractivity contribution in [3.8, 4) is 0 Å². The predicted octanol–water partition coefficient (Wildman–Crippen LogP) is 3.64. The van der Waals surface area contributed by atoms with Gasteiger partial charge in [-0.25, -0.2) is 0 Å². The van der Waals surface area contributed by atoms with Crippen LogP contribution in [0, 0.1) is 13.7 Å². The smallest absolute Gasteiger partial charge is 0.270 e. The Morgan fingerprint density at radius 2 is 2.11 bits per heavy atom. The number of carbonyl (C=O) groups is 1. The van der Waals surface area contributed by atoms with Crippen molar-refractivity contribution in [3.05, 3.63) is 43.2 Å². The first-order chi connectivity index (χ1) is 8.99. The summed E-state index contributed by atoms with van der Waals surface area (Å²) in [4.78, 5) is 21.9. The van der Waals surface area contributed by atoms with Gasteiger partial charge in [0.25, 0.3) is 5.69 Å². The van der Waals surface area contributed by atoms with Gasteiger partial charge in [-0.2, -0.15) is 0 Å². The van der Waals surface area contributed by atoms with Gasteiger partial charge in [-0.05, 0) is 48.4 Å². The number of nitrogens with one attached hydrogen (secondary N) is 1. The molecule has 1 N–H and O–H groups in total. The number of nitro benzene ring substituents is 1. The zero-order valence-corrected chi connectivity index (χ0v) is 12.6. The molecule has 0 aromatic heterocycles. The van der Waals surface area contributed by atoms with Crippen LogP contribution < -0.4 is 5.32 Å². The maximum absolute atomic E-state index is 11.6. The Hall–Kier alpha value is -1.44. The van der Waals surface area contributed by atoms with Crippen LogP contribution in [0.25, 0.3) is 0 Å². The SMILES string of the molecule is CC1=C(Nc2ccc([N+](=O)[O-])cc2I)CCCC1=O. The van der Waals surface area contributed by atoms with E-state index in [9.17, 15) is 14.9 Å². The van der Waals surface area contributed by atoms with Crippen LogP contribution in [-0.2, 0) is 4.79 Å². The van der Waals surface area contributed by atoms with E-state index in [1.165, 1.54) is 12.1 Å². The maximum atomic E-state index is 11.6. The Bertz CT molecular complexity index is 581. The quantitative estimate of drug-likeness (QED) is 0.500. The third-order valence-electron chi connectivity index (χ3n) is 3.15. The second kappa shape index (κ2) is 5.68. The standard InChI is InChI=1S/C13H13IN2O3/c1-8-11(3-2-4-13(8)17)15-12-6-5-9(16(18)19)7-10(12)14/h5-7,15H,2-4H2,1H3. The number of rotatable bonds is 3. The van der Waals surface area contributed by atoms with Crippen molar-refractivity contribution >= 4 is 39.7 Å². The second-order valence-corrected chi connectivity index (χ2v) is 5.59. The molecule has 100 valence electrons. The number of non-ortho nitro benzene ring substituents is 1. The van der Waals surface area contributed by atoms with Crippen molar-refractivity contribution in [1.82, 2.24) is 0 Å². The van der Waals surface area contributed by atoms with Gasteiger partial charge in [0.2, 0.25) is 0 Å². The van der Waals surface area contributed by atoms with E-state index in [4.69, 9.17) is 0 Å². The van der Waals surface area contributed by atoms with Crippen molar-refractivity contribution in [1.29, 1.82) is 0 Å². The van der Waals surface area contributed by atoms with Gasteiger partial charge in [0.05, 0.1) is 10.6 Å². The van der Waals surface area contributed by atoms with Crippen LogP contribution in [0.5, 0.6) is 0 Å². The molecule has 0 heterocycles. The number of hydrogen-bond donors (Lipinski definition) is 1. The highest BCUT2D eigenvalue weighted by Gasteiger charge is 2.18. The molecule has 0 spiro atoms. The summed E-state index contributed by atoms with van der Waals surface area (Å²) in [6.45, 7) is 1.82. The number of nitro groups is 1. The molecule has 6 heteroatoms. The van der Waals surface area contributed by atoms with Gasteiger partial charge in [-0.3, -0.25) is 14.9 Å². The van der Waals surface area contributed by atoms with E-state index in [0.29, 0.717) is 6.42 Å². The van der Waals surface area contributed by atoms with E-state index in [1.54, 1.807) is 6.07 Å². The molecular formula is C13H13IN2O3. The molecule has 0 fully saturated rings.